The van der Waals surface area contributed by atoms with Gasteiger partial charge in [0.05, 0.1) is 16.5 Å². The molecule has 0 aliphatic carbocycles. The Balaban J connectivity index is 2.46. The number of rotatable bonds is 7. The van der Waals surface area contributed by atoms with Crippen LogP contribution in [0, 0.1) is 13.8 Å². The van der Waals surface area contributed by atoms with E-state index in [1.54, 1.807) is 37.8 Å². The van der Waals surface area contributed by atoms with Gasteiger partial charge in [0.1, 0.15) is 5.00 Å². The van der Waals surface area contributed by atoms with Crippen LogP contribution in [0.3, 0.4) is 0 Å². The number of anilines is 1. The molecular weight excluding hydrogens is 388 g/mol. The number of benzene rings is 1. The number of esters is 1. The Hall–Kier alpha value is -2.67. The number of hydrogen-bond acceptors (Lipinski definition) is 5. The number of nitrogens with zero attached hydrogens (tertiary/aromatic N) is 1. The summed E-state index contributed by atoms with van der Waals surface area (Å²) in [5.41, 5.74) is 2.28. The quantitative estimate of drug-likeness (QED) is 0.666. The van der Waals surface area contributed by atoms with Crippen molar-refractivity contribution in [3.8, 4) is 0 Å². The molecule has 0 atom stereocenters. The van der Waals surface area contributed by atoms with Crippen molar-refractivity contribution in [3.63, 3.8) is 0 Å². The maximum atomic E-state index is 12.9. The Labute approximate surface area is 175 Å². The highest BCUT2D eigenvalue weighted by molar-refractivity contribution is 7.18. The lowest BCUT2D eigenvalue weighted by Crippen LogP contribution is -2.30. The van der Waals surface area contributed by atoms with Crippen molar-refractivity contribution in [2.45, 2.75) is 47.6 Å². The monoisotopic (exact) mass is 416 g/mol. The lowest BCUT2D eigenvalue weighted by Gasteiger charge is -2.18. The molecule has 29 heavy (non-hydrogen) atoms. The second-order valence-corrected chi connectivity index (χ2v) is 8.03. The average molecular weight is 417 g/mol. The number of carbonyl (C=O) groups is 3. The summed E-state index contributed by atoms with van der Waals surface area (Å²) in [6, 6.07) is 7.13. The van der Waals surface area contributed by atoms with Gasteiger partial charge in [-0.05, 0) is 59.2 Å². The van der Waals surface area contributed by atoms with Crippen LogP contribution in [0.25, 0.3) is 0 Å². The first-order valence-corrected chi connectivity index (χ1v) is 10.5. The number of nitrogens with one attached hydrogen (secondary N) is 1. The molecule has 0 saturated heterocycles. The fourth-order valence-electron chi connectivity index (χ4n) is 2.86. The van der Waals surface area contributed by atoms with Gasteiger partial charge in [0.15, 0.2) is 0 Å². The summed E-state index contributed by atoms with van der Waals surface area (Å²) in [6.07, 6.45) is -0.315. The molecule has 1 aromatic carbocycles. The van der Waals surface area contributed by atoms with Crippen molar-refractivity contribution in [2.75, 3.05) is 18.4 Å². The largest absolute Gasteiger partial charge is 0.459 e. The molecule has 0 fully saturated rings. The molecule has 2 amide bonds. The van der Waals surface area contributed by atoms with Crippen LogP contribution in [0.4, 0.5) is 5.00 Å². The molecule has 2 aromatic rings. The van der Waals surface area contributed by atoms with Crippen LogP contribution < -0.4 is 5.32 Å². The minimum Gasteiger partial charge on any atom is -0.459 e. The van der Waals surface area contributed by atoms with Gasteiger partial charge in [-0.1, -0.05) is 17.7 Å². The molecule has 6 nitrogen and oxygen atoms in total. The highest BCUT2D eigenvalue weighted by Gasteiger charge is 2.29. The van der Waals surface area contributed by atoms with Crippen LogP contribution in [0.5, 0.6) is 0 Å². The van der Waals surface area contributed by atoms with Gasteiger partial charge >= 0.3 is 5.97 Å². The zero-order valence-electron chi connectivity index (χ0n) is 17.8. The highest BCUT2D eigenvalue weighted by Crippen LogP contribution is 2.35. The van der Waals surface area contributed by atoms with Crippen LogP contribution in [-0.2, 0) is 4.74 Å². The molecule has 1 N–H and O–H groups in total. The summed E-state index contributed by atoms with van der Waals surface area (Å²) in [6.45, 7) is 12.1. The van der Waals surface area contributed by atoms with E-state index in [-0.39, 0.29) is 23.5 Å². The van der Waals surface area contributed by atoms with E-state index < -0.39 is 5.97 Å². The third-order valence-corrected chi connectivity index (χ3v) is 5.67. The van der Waals surface area contributed by atoms with Crippen LogP contribution in [0.15, 0.2) is 24.3 Å². The van der Waals surface area contributed by atoms with E-state index >= 15 is 0 Å². The van der Waals surface area contributed by atoms with Gasteiger partial charge in [-0.3, -0.25) is 9.59 Å². The third-order valence-electron chi connectivity index (χ3n) is 4.48. The number of thiophene rings is 1. The minimum absolute atomic E-state index is 0.160. The van der Waals surface area contributed by atoms with Gasteiger partial charge in [-0.15, -0.1) is 11.3 Å². The van der Waals surface area contributed by atoms with E-state index in [9.17, 15) is 14.4 Å². The fraction of sp³-hybridized carbons (Fsp3) is 0.409. The van der Waals surface area contributed by atoms with Gasteiger partial charge in [-0.25, -0.2) is 4.79 Å². The standard InChI is InChI=1S/C22H28N2O4S/c1-7-24(8-2)21(26)18-15(6)17(22(27)28-13(3)4)20(29-18)23-19(25)16-11-9-14(5)10-12-16/h9-13H,7-8H2,1-6H3,(H,23,25). The van der Waals surface area contributed by atoms with E-state index in [2.05, 4.69) is 5.32 Å². The number of ether oxygens (including phenoxy) is 1. The molecule has 0 spiro atoms. The van der Waals surface area contributed by atoms with Crippen molar-refractivity contribution in [1.82, 2.24) is 4.90 Å². The first-order valence-electron chi connectivity index (χ1n) is 9.71. The maximum Gasteiger partial charge on any atom is 0.341 e. The summed E-state index contributed by atoms with van der Waals surface area (Å²) in [7, 11) is 0. The lowest BCUT2D eigenvalue weighted by atomic mass is 10.1. The topological polar surface area (TPSA) is 75.7 Å². The third kappa shape index (κ3) is 5.23. The van der Waals surface area contributed by atoms with Crippen LogP contribution in [0.2, 0.25) is 0 Å². The summed E-state index contributed by atoms with van der Waals surface area (Å²) in [5.74, 6) is -1.05. The Morgan fingerprint density at radius 2 is 1.66 bits per heavy atom. The molecule has 0 aliphatic heterocycles. The Morgan fingerprint density at radius 1 is 1.07 bits per heavy atom. The minimum atomic E-state index is -0.549. The molecule has 7 heteroatoms. The van der Waals surface area contributed by atoms with Crippen molar-refractivity contribution in [2.24, 2.45) is 0 Å². The zero-order chi connectivity index (χ0) is 21.7. The Kier molecular flexibility index (Phi) is 7.56. The van der Waals surface area contributed by atoms with E-state index in [0.29, 0.717) is 34.1 Å². The van der Waals surface area contributed by atoms with E-state index in [4.69, 9.17) is 4.74 Å². The number of aryl methyl sites for hydroxylation is 1. The molecule has 156 valence electrons. The summed E-state index contributed by atoms with van der Waals surface area (Å²) in [4.78, 5) is 40.4. The second kappa shape index (κ2) is 9.69. The molecule has 0 radical (unpaired) electrons. The maximum absolute atomic E-state index is 12.9. The Bertz CT molecular complexity index is 896. The number of amides is 2. The molecule has 0 aliphatic rings. The normalized spacial score (nSPS) is 10.7. The zero-order valence-corrected chi connectivity index (χ0v) is 18.6. The predicted molar refractivity (Wildman–Crippen MR) is 116 cm³/mol. The first-order chi connectivity index (χ1) is 13.7. The molecule has 0 saturated carbocycles. The van der Waals surface area contributed by atoms with E-state index in [1.807, 2.05) is 32.9 Å². The average Bonchev–Trinajstić information content (AvgIpc) is 2.98. The molecule has 1 aromatic heterocycles. The fourth-order valence-corrected chi connectivity index (χ4v) is 4.02. The van der Waals surface area contributed by atoms with E-state index in [0.717, 1.165) is 16.9 Å². The van der Waals surface area contributed by atoms with Crippen molar-refractivity contribution < 1.29 is 19.1 Å². The predicted octanol–water partition coefficient (Wildman–Crippen LogP) is 4.66. The van der Waals surface area contributed by atoms with Gasteiger partial charge < -0.3 is 15.0 Å². The van der Waals surface area contributed by atoms with Crippen LogP contribution in [0.1, 0.15) is 69.2 Å². The molecular formula is C22H28N2O4S. The van der Waals surface area contributed by atoms with Crippen molar-refractivity contribution in [1.29, 1.82) is 0 Å². The van der Waals surface area contributed by atoms with Gasteiger partial charge in [-0.2, -0.15) is 0 Å². The van der Waals surface area contributed by atoms with Gasteiger partial charge in [0.2, 0.25) is 0 Å². The van der Waals surface area contributed by atoms with Gasteiger partial charge in [0, 0.05) is 18.7 Å². The second-order valence-electron chi connectivity index (χ2n) is 7.01. The summed E-state index contributed by atoms with van der Waals surface area (Å²) >= 11 is 1.11. The van der Waals surface area contributed by atoms with Crippen LogP contribution >= 0.6 is 11.3 Å². The van der Waals surface area contributed by atoms with Crippen molar-refractivity contribution >= 4 is 34.1 Å². The molecule has 0 bridgehead atoms. The lowest BCUT2D eigenvalue weighted by molar-refractivity contribution is 0.0379. The molecule has 0 unspecified atom stereocenters. The smallest absolute Gasteiger partial charge is 0.341 e. The summed E-state index contributed by atoms with van der Waals surface area (Å²) in [5, 5.41) is 3.13. The highest BCUT2D eigenvalue weighted by atomic mass is 32.1. The number of carbonyl (C=O) groups excluding carboxylic acids is 3. The SMILES string of the molecule is CCN(CC)C(=O)c1sc(NC(=O)c2ccc(C)cc2)c(C(=O)OC(C)C)c1C. The molecule has 2 rings (SSSR count). The van der Waals surface area contributed by atoms with E-state index in [1.165, 1.54) is 0 Å². The molecule has 1 heterocycles. The van der Waals surface area contributed by atoms with Crippen molar-refractivity contribution in [3.05, 3.63) is 51.4 Å². The Morgan fingerprint density at radius 3 is 2.17 bits per heavy atom. The van der Waals surface area contributed by atoms with Gasteiger partial charge in [0.25, 0.3) is 11.8 Å². The number of hydrogen-bond donors (Lipinski definition) is 1. The van der Waals surface area contributed by atoms with Crippen LogP contribution in [-0.4, -0.2) is 41.9 Å². The summed E-state index contributed by atoms with van der Waals surface area (Å²) < 4.78 is 5.36. The first kappa shape index (κ1) is 22.6.